The second-order valence-electron chi connectivity index (χ2n) is 3.32. The van der Waals surface area contributed by atoms with Crippen LogP contribution in [0.4, 0.5) is 0 Å². The zero-order valence-electron chi connectivity index (χ0n) is 9.31. The Labute approximate surface area is 128 Å². The Bertz CT molecular complexity index is 371. The van der Waals surface area contributed by atoms with Crippen molar-refractivity contribution in [3.63, 3.8) is 0 Å². The number of rotatable bonds is 1. The average Bonchev–Trinajstić information content (AvgIpc) is 2.91. The molecule has 0 aliphatic carbocycles. The maximum atomic E-state index is 5.53. The maximum Gasteiger partial charge on any atom is 0.0375 e. The van der Waals surface area contributed by atoms with E-state index in [9.17, 15) is 0 Å². The van der Waals surface area contributed by atoms with Gasteiger partial charge in [0.15, 0.2) is 0 Å². The number of alkyl halides is 3. The first-order chi connectivity index (χ1) is 7.54. The second kappa shape index (κ2) is 8.24. The normalized spacial score (nSPS) is 10.1. The van der Waals surface area contributed by atoms with Crippen LogP contribution in [0.25, 0.3) is 0 Å². The molecule has 0 heterocycles. The standard InChI is InChI=1S/C7H9.C6H4Cl3.Fe/c1-2-7-5-3-4-6-7;7-6(8,9)5-3-1-2-4-5;/h3-6H,2H2,1H3;1-4H;/q-1;-5;. The summed E-state index contributed by atoms with van der Waals surface area (Å²) in [4.78, 5) is 0. The Morgan fingerprint density at radius 3 is 1.76 bits per heavy atom. The molecule has 0 nitrogen and oxygen atoms in total. The van der Waals surface area contributed by atoms with Gasteiger partial charge in [-0.3, -0.25) is 0 Å². The van der Waals surface area contributed by atoms with Crippen LogP contribution in [0, 0.1) is 0 Å². The topological polar surface area (TPSA) is 0 Å². The van der Waals surface area contributed by atoms with E-state index in [2.05, 4.69) is 31.2 Å². The predicted octanol–water partition coefficient (Wildman–Crippen LogP) is 5.20. The van der Waals surface area contributed by atoms with Crippen LogP contribution in [0.2, 0.25) is 0 Å². The molecule has 0 amide bonds. The number of halogens is 3. The van der Waals surface area contributed by atoms with E-state index >= 15 is 0 Å². The van der Waals surface area contributed by atoms with Crippen LogP contribution in [-0.4, -0.2) is 0 Å². The van der Waals surface area contributed by atoms with Gasteiger partial charge in [-0.05, 0) is 0 Å². The molecule has 17 heavy (non-hydrogen) atoms. The van der Waals surface area contributed by atoms with Crippen LogP contribution in [0.3, 0.4) is 0 Å². The van der Waals surface area contributed by atoms with Crippen molar-refractivity contribution in [2.75, 3.05) is 0 Å². The monoisotopic (exact) mass is 330 g/mol. The van der Waals surface area contributed by atoms with Gasteiger partial charge >= 0.3 is 0 Å². The minimum Gasteiger partial charge on any atom is -0.747 e. The SMILES string of the molecule is CC[c-]1cccc1.ClC(Cl)(Cl)[c-]1[cH-][cH-][cH-][cH-]1.[Fe]. The Balaban J connectivity index is 0.000000292. The summed E-state index contributed by atoms with van der Waals surface area (Å²) in [6, 6.07) is 15.6. The van der Waals surface area contributed by atoms with E-state index in [1.54, 1.807) is 12.1 Å². The molecule has 100 valence electrons. The van der Waals surface area contributed by atoms with Crippen molar-refractivity contribution in [2.45, 2.75) is 17.1 Å². The van der Waals surface area contributed by atoms with Crippen LogP contribution in [-0.2, 0) is 27.3 Å². The third kappa shape index (κ3) is 6.55. The molecule has 2 rings (SSSR count). The van der Waals surface area contributed by atoms with Gasteiger partial charge in [0.1, 0.15) is 0 Å². The molecule has 2 aromatic rings. The molecule has 0 radical (unpaired) electrons. The van der Waals surface area contributed by atoms with Crippen LogP contribution in [0.15, 0.2) is 48.5 Å². The summed E-state index contributed by atoms with van der Waals surface area (Å²) >= 11 is 16.6. The van der Waals surface area contributed by atoms with Gasteiger partial charge in [0, 0.05) is 20.9 Å². The average molecular weight is 331 g/mol. The van der Waals surface area contributed by atoms with Gasteiger partial charge in [0.25, 0.3) is 0 Å². The summed E-state index contributed by atoms with van der Waals surface area (Å²) in [6.07, 6.45) is 1.16. The number of hydrogen-bond donors (Lipinski definition) is 0. The second-order valence-corrected chi connectivity index (χ2v) is 5.60. The van der Waals surface area contributed by atoms with Gasteiger partial charge in [-0.25, -0.2) is 12.1 Å². The first kappa shape index (κ1) is 17.1. The van der Waals surface area contributed by atoms with Crippen molar-refractivity contribution < 1.29 is 17.1 Å². The van der Waals surface area contributed by atoms with E-state index in [0.29, 0.717) is 5.56 Å². The summed E-state index contributed by atoms with van der Waals surface area (Å²) in [5.74, 6) is 0. The Morgan fingerprint density at radius 1 is 1.06 bits per heavy atom. The largest absolute Gasteiger partial charge is 0.747 e. The molecule has 0 unspecified atom stereocenters. The van der Waals surface area contributed by atoms with E-state index in [4.69, 9.17) is 34.8 Å². The summed E-state index contributed by atoms with van der Waals surface area (Å²) < 4.78 is -1.26. The van der Waals surface area contributed by atoms with E-state index in [0.717, 1.165) is 6.42 Å². The first-order valence-electron chi connectivity index (χ1n) is 5.03. The maximum absolute atomic E-state index is 5.53. The number of aryl methyl sites for hydroxylation is 1. The summed E-state index contributed by atoms with van der Waals surface area (Å²) in [6.45, 7) is 2.16. The van der Waals surface area contributed by atoms with E-state index in [1.807, 2.05) is 12.1 Å². The van der Waals surface area contributed by atoms with Crippen LogP contribution < -0.4 is 0 Å². The molecule has 0 bridgehead atoms. The third-order valence-electron chi connectivity index (χ3n) is 2.13. The van der Waals surface area contributed by atoms with Crippen molar-refractivity contribution >= 4 is 34.8 Å². The van der Waals surface area contributed by atoms with Gasteiger partial charge in [-0.1, -0.05) is 13.3 Å². The van der Waals surface area contributed by atoms with E-state index < -0.39 is 3.79 Å². The number of hydrogen-bond acceptors (Lipinski definition) is 0. The molecule has 0 N–H and O–H groups in total. The minimum absolute atomic E-state index is 0. The Kier molecular flexibility index (Phi) is 8.28. The molecule has 0 fully saturated rings. The molecule has 0 aliphatic rings. The van der Waals surface area contributed by atoms with Crippen molar-refractivity contribution in [3.05, 3.63) is 59.7 Å². The van der Waals surface area contributed by atoms with E-state index in [1.165, 1.54) is 5.56 Å². The molecule has 2 aromatic carbocycles. The predicted molar refractivity (Wildman–Crippen MR) is 72.7 cm³/mol. The van der Waals surface area contributed by atoms with Crippen molar-refractivity contribution in [2.24, 2.45) is 0 Å². The molecule has 0 spiro atoms. The first-order valence-corrected chi connectivity index (χ1v) is 6.17. The molecular formula is C13H13Cl3Fe-6. The summed E-state index contributed by atoms with van der Waals surface area (Å²) in [5.41, 5.74) is 2.15. The van der Waals surface area contributed by atoms with Gasteiger partial charge in [-0.2, -0.15) is 17.7 Å². The molecular weight excluding hydrogens is 318 g/mol. The van der Waals surface area contributed by atoms with Gasteiger partial charge < -0.3 is 29.8 Å². The van der Waals surface area contributed by atoms with Crippen LogP contribution in [0.1, 0.15) is 18.1 Å². The molecule has 0 saturated heterocycles. The Hall–Kier alpha value is 0.0895. The van der Waals surface area contributed by atoms with Crippen molar-refractivity contribution in [1.82, 2.24) is 0 Å². The third-order valence-corrected chi connectivity index (χ3v) is 2.78. The molecule has 0 aliphatic heterocycles. The van der Waals surface area contributed by atoms with Gasteiger partial charge in [-0.15, -0.1) is 34.8 Å². The molecule has 4 heteroatoms. The fraction of sp³-hybridized carbons (Fsp3) is 0.231. The van der Waals surface area contributed by atoms with E-state index in [-0.39, 0.29) is 17.1 Å². The fourth-order valence-corrected chi connectivity index (χ4v) is 1.59. The smallest absolute Gasteiger partial charge is 0.0375 e. The van der Waals surface area contributed by atoms with Crippen molar-refractivity contribution in [3.8, 4) is 0 Å². The molecule has 0 saturated carbocycles. The fourth-order valence-electron chi connectivity index (χ4n) is 1.21. The quantitative estimate of drug-likeness (QED) is 0.383. The minimum atomic E-state index is -1.26. The zero-order valence-corrected chi connectivity index (χ0v) is 12.7. The van der Waals surface area contributed by atoms with Gasteiger partial charge in [0.05, 0.1) is 0 Å². The summed E-state index contributed by atoms with van der Waals surface area (Å²) in [5, 5.41) is 0. The zero-order chi connectivity index (χ0) is 12.0. The Morgan fingerprint density at radius 2 is 1.53 bits per heavy atom. The van der Waals surface area contributed by atoms with Crippen LogP contribution in [0.5, 0.6) is 0 Å². The van der Waals surface area contributed by atoms with Crippen LogP contribution >= 0.6 is 34.8 Å². The van der Waals surface area contributed by atoms with Crippen molar-refractivity contribution in [1.29, 1.82) is 0 Å². The molecule has 0 aromatic heterocycles. The molecule has 0 atom stereocenters. The van der Waals surface area contributed by atoms with Gasteiger partial charge in [0.2, 0.25) is 0 Å². The summed E-state index contributed by atoms with van der Waals surface area (Å²) in [7, 11) is 0.